The molecule has 0 bridgehead atoms. The van der Waals surface area contributed by atoms with Gasteiger partial charge in [-0.2, -0.15) is 0 Å². The van der Waals surface area contributed by atoms with Gasteiger partial charge in [-0.15, -0.1) is 0 Å². The molecule has 0 aliphatic rings. The van der Waals surface area contributed by atoms with Gasteiger partial charge in [-0.3, -0.25) is 4.79 Å². The lowest BCUT2D eigenvalue weighted by atomic mass is 10.3. The summed E-state index contributed by atoms with van der Waals surface area (Å²) < 4.78 is 0. The zero-order chi connectivity index (χ0) is 8.15. The molecular weight excluding hydrogens is 134 g/mol. The van der Waals surface area contributed by atoms with Gasteiger partial charge >= 0.3 is 0 Å². The number of carbonyl (C=O) groups excluding carboxylic acids is 1. The average Bonchev–Trinajstić information content (AvgIpc) is 1.82. The Kier molecular flexibility index (Phi) is 3.99. The van der Waals surface area contributed by atoms with Crippen LogP contribution in [0.4, 0.5) is 0 Å². The molecular formula is C6H13NO3. The van der Waals surface area contributed by atoms with E-state index in [-0.39, 0.29) is 6.54 Å². The minimum Gasteiger partial charge on any atom is -0.392 e. The van der Waals surface area contributed by atoms with E-state index in [2.05, 4.69) is 5.32 Å². The third-order valence-corrected chi connectivity index (χ3v) is 0.951. The lowest BCUT2D eigenvalue weighted by Crippen LogP contribution is -2.36. The first-order valence-electron chi connectivity index (χ1n) is 3.18. The number of amides is 1. The van der Waals surface area contributed by atoms with Gasteiger partial charge in [0.15, 0.2) is 0 Å². The molecule has 4 heteroatoms. The summed E-state index contributed by atoms with van der Waals surface area (Å²) >= 11 is 0. The number of rotatable bonds is 3. The highest BCUT2D eigenvalue weighted by Gasteiger charge is 2.07. The van der Waals surface area contributed by atoms with Crippen molar-refractivity contribution < 1.29 is 15.0 Å². The smallest absolute Gasteiger partial charge is 0.248 e. The van der Waals surface area contributed by atoms with Crippen LogP contribution in [0.5, 0.6) is 0 Å². The van der Waals surface area contributed by atoms with E-state index in [0.717, 1.165) is 0 Å². The van der Waals surface area contributed by atoms with Gasteiger partial charge < -0.3 is 15.5 Å². The standard InChI is InChI=1S/C6H13NO3/c1-4(8)3-7-6(10)5(2)9/h4-5,8-9H,3H2,1-2H3,(H,7,10). The summed E-state index contributed by atoms with van der Waals surface area (Å²) in [6.45, 7) is 3.11. The number of carbonyl (C=O) groups is 1. The van der Waals surface area contributed by atoms with Crippen molar-refractivity contribution in [3.05, 3.63) is 0 Å². The Morgan fingerprint density at radius 2 is 2.00 bits per heavy atom. The molecule has 10 heavy (non-hydrogen) atoms. The van der Waals surface area contributed by atoms with Gasteiger partial charge in [0, 0.05) is 6.54 Å². The highest BCUT2D eigenvalue weighted by molar-refractivity contribution is 5.79. The summed E-state index contributed by atoms with van der Waals surface area (Å²) in [5, 5.41) is 19.7. The van der Waals surface area contributed by atoms with Crippen molar-refractivity contribution in [1.29, 1.82) is 0 Å². The van der Waals surface area contributed by atoms with E-state index >= 15 is 0 Å². The van der Waals surface area contributed by atoms with Gasteiger partial charge in [-0.05, 0) is 13.8 Å². The molecule has 0 aromatic rings. The van der Waals surface area contributed by atoms with E-state index in [0.29, 0.717) is 0 Å². The largest absolute Gasteiger partial charge is 0.392 e. The molecule has 2 unspecified atom stereocenters. The van der Waals surface area contributed by atoms with Crippen molar-refractivity contribution >= 4 is 5.91 Å². The minimum atomic E-state index is -1.00. The molecule has 0 radical (unpaired) electrons. The van der Waals surface area contributed by atoms with Crippen molar-refractivity contribution in [3.63, 3.8) is 0 Å². The molecule has 0 aliphatic heterocycles. The van der Waals surface area contributed by atoms with E-state index in [1.165, 1.54) is 6.92 Å². The first-order valence-corrected chi connectivity index (χ1v) is 3.18. The topological polar surface area (TPSA) is 69.6 Å². The van der Waals surface area contributed by atoms with Crippen LogP contribution in [0.2, 0.25) is 0 Å². The third-order valence-electron chi connectivity index (χ3n) is 0.951. The van der Waals surface area contributed by atoms with Gasteiger partial charge in [0.2, 0.25) is 5.91 Å². The predicted molar refractivity (Wildman–Crippen MR) is 36.4 cm³/mol. The number of aliphatic hydroxyl groups is 2. The van der Waals surface area contributed by atoms with Gasteiger partial charge in [0.25, 0.3) is 0 Å². The van der Waals surface area contributed by atoms with E-state index in [9.17, 15) is 4.79 Å². The molecule has 60 valence electrons. The second-order valence-electron chi connectivity index (χ2n) is 2.27. The van der Waals surface area contributed by atoms with E-state index in [4.69, 9.17) is 10.2 Å². The SMILES string of the molecule is CC(O)CNC(=O)C(C)O. The fourth-order valence-corrected chi connectivity index (χ4v) is 0.396. The number of hydrogen-bond donors (Lipinski definition) is 3. The second kappa shape index (κ2) is 4.24. The highest BCUT2D eigenvalue weighted by atomic mass is 16.3. The van der Waals surface area contributed by atoms with E-state index in [1.807, 2.05) is 0 Å². The molecule has 0 fully saturated rings. The zero-order valence-corrected chi connectivity index (χ0v) is 6.16. The van der Waals surface area contributed by atoms with E-state index in [1.54, 1.807) is 6.92 Å². The van der Waals surface area contributed by atoms with Crippen molar-refractivity contribution in [3.8, 4) is 0 Å². The van der Waals surface area contributed by atoms with Crippen LogP contribution in [-0.4, -0.2) is 34.9 Å². The molecule has 4 nitrogen and oxygen atoms in total. The fourth-order valence-electron chi connectivity index (χ4n) is 0.396. The van der Waals surface area contributed by atoms with E-state index < -0.39 is 18.1 Å². The van der Waals surface area contributed by atoms with Crippen LogP contribution in [0, 0.1) is 0 Å². The maximum Gasteiger partial charge on any atom is 0.248 e. The monoisotopic (exact) mass is 147 g/mol. The summed E-state index contributed by atoms with van der Waals surface area (Å²) in [5.41, 5.74) is 0. The van der Waals surface area contributed by atoms with Crippen LogP contribution in [0.15, 0.2) is 0 Å². The van der Waals surface area contributed by atoms with Gasteiger partial charge in [0.05, 0.1) is 6.10 Å². The molecule has 1 amide bonds. The Morgan fingerprint density at radius 3 is 2.30 bits per heavy atom. The molecule has 0 aromatic heterocycles. The Hall–Kier alpha value is -0.610. The van der Waals surface area contributed by atoms with Crippen molar-refractivity contribution in [1.82, 2.24) is 5.32 Å². The van der Waals surface area contributed by atoms with Crippen LogP contribution in [-0.2, 0) is 4.79 Å². The molecule has 0 spiro atoms. The zero-order valence-electron chi connectivity index (χ0n) is 6.16. The Balaban J connectivity index is 3.40. The normalized spacial score (nSPS) is 16.0. The van der Waals surface area contributed by atoms with Crippen LogP contribution in [0.25, 0.3) is 0 Å². The van der Waals surface area contributed by atoms with Crippen molar-refractivity contribution in [2.75, 3.05) is 6.54 Å². The summed E-state index contributed by atoms with van der Waals surface area (Å²) in [6, 6.07) is 0. The van der Waals surface area contributed by atoms with Gasteiger partial charge in [0.1, 0.15) is 6.10 Å². The minimum absolute atomic E-state index is 0.184. The summed E-state index contributed by atoms with van der Waals surface area (Å²) in [4.78, 5) is 10.6. The highest BCUT2D eigenvalue weighted by Crippen LogP contribution is 1.80. The van der Waals surface area contributed by atoms with Crippen LogP contribution < -0.4 is 5.32 Å². The fraction of sp³-hybridized carbons (Fsp3) is 0.833. The summed E-state index contributed by atoms with van der Waals surface area (Å²) in [6.07, 6.45) is -1.57. The van der Waals surface area contributed by atoms with Crippen molar-refractivity contribution in [2.45, 2.75) is 26.1 Å². The summed E-state index contributed by atoms with van der Waals surface area (Å²) in [5.74, 6) is -0.457. The van der Waals surface area contributed by atoms with Gasteiger partial charge in [-0.25, -0.2) is 0 Å². The third kappa shape index (κ3) is 4.29. The Morgan fingerprint density at radius 1 is 1.50 bits per heavy atom. The van der Waals surface area contributed by atoms with Crippen LogP contribution in [0.3, 0.4) is 0 Å². The number of hydrogen-bond acceptors (Lipinski definition) is 3. The molecule has 0 rings (SSSR count). The Labute approximate surface area is 59.9 Å². The molecule has 3 N–H and O–H groups in total. The first kappa shape index (κ1) is 9.39. The molecule has 0 aromatic carbocycles. The number of aliphatic hydroxyl groups excluding tert-OH is 2. The second-order valence-corrected chi connectivity index (χ2v) is 2.27. The predicted octanol–water partition coefficient (Wildman–Crippen LogP) is -1.14. The molecule has 0 saturated carbocycles. The molecule has 0 aliphatic carbocycles. The Bertz CT molecular complexity index is 112. The first-order chi connectivity index (χ1) is 4.54. The summed E-state index contributed by atoms with van der Waals surface area (Å²) in [7, 11) is 0. The maximum atomic E-state index is 10.6. The maximum absolute atomic E-state index is 10.6. The average molecular weight is 147 g/mol. The van der Waals surface area contributed by atoms with Crippen LogP contribution in [0.1, 0.15) is 13.8 Å². The van der Waals surface area contributed by atoms with Gasteiger partial charge in [-0.1, -0.05) is 0 Å². The quantitative estimate of drug-likeness (QED) is 0.473. The van der Waals surface area contributed by atoms with Crippen molar-refractivity contribution in [2.24, 2.45) is 0 Å². The lowest BCUT2D eigenvalue weighted by molar-refractivity contribution is -0.128. The van der Waals surface area contributed by atoms with Crippen LogP contribution >= 0.6 is 0 Å². The lowest BCUT2D eigenvalue weighted by Gasteiger charge is -2.07. The molecule has 2 atom stereocenters. The molecule has 0 heterocycles. The molecule has 0 saturated heterocycles. The number of nitrogens with one attached hydrogen (secondary N) is 1.